The van der Waals surface area contributed by atoms with Crippen LogP contribution in [0.5, 0.6) is 0 Å². The van der Waals surface area contributed by atoms with Crippen molar-refractivity contribution < 1.29 is 29.6 Å². The molecule has 0 unspecified atom stereocenters. The van der Waals surface area contributed by atoms with Gasteiger partial charge in [0.15, 0.2) is 0 Å². The molecule has 1 heterocycles. The molecule has 0 aliphatic carbocycles. The van der Waals surface area contributed by atoms with Crippen LogP contribution in [-0.2, 0) is 9.47 Å². The van der Waals surface area contributed by atoms with Gasteiger partial charge in [-0.15, -0.1) is 0 Å². The lowest BCUT2D eigenvalue weighted by atomic mass is 10.00. The van der Waals surface area contributed by atoms with Crippen molar-refractivity contribution in [2.45, 2.75) is 37.6 Å². The fourth-order valence-electron chi connectivity index (χ4n) is 1.96. The van der Waals surface area contributed by atoms with Gasteiger partial charge in [-0.05, 0) is 19.1 Å². The van der Waals surface area contributed by atoms with Crippen LogP contribution in [0.1, 0.15) is 17.3 Å². The fraction of sp³-hybridized carbons (Fsp3) is 0.462. The van der Waals surface area contributed by atoms with Crippen molar-refractivity contribution in [3.63, 3.8) is 0 Å². The van der Waals surface area contributed by atoms with Gasteiger partial charge < -0.3 is 30.5 Å². The quantitative estimate of drug-likeness (QED) is 0.416. The van der Waals surface area contributed by atoms with E-state index in [1.54, 1.807) is 12.1 Å². The molecule has 0 bridgehead atoms. The average molecular weight is 283 g/mol. The molecule has 1 saturated heterocycles. The Kier molecular flexibility index (Phi) is 4.24. The topological polar surface area (TPSA) is 122 Å². The van der Waals surface area contributed by atoms with Crippen molar-refractivity contribution in [1.82, 2.24) is 0 Å². The molecule has 5 atom stereocenters. The van der Waals surface area contributed by atoms with Crippen LogP contribution in [0.4, 0.5) is 5.69 Å². The van der Waals surface area contributed by atoms with Gasteiger partial charge in [-0.2, -0.15) is 0 Å². The van der Waals surface area contributed by atoms with Gasteiger partial charge >= 0.3 is 5.97 Å². The molecule has 0 saturated carbocycles. The molecular formula is C13H17NO6. The first-order valence-corrected chi connectivity index (χ1v) is 6.17. The van der Waals surface area contributed by atoms with Crippen LogP contribution in [0.25, 0.3) is 0 Å². The second kappa shape index (κ2) is 5.76. The van der Waals surface area contributed by atoms with E-state index in [2.05, 4.69) is 0 Å². The van der Waals surface area contributed by atoms with Crippen molar-refractivity contribution >= 4 is 11.7 Å². The maximum Gasteiger partial charge on any atom is 0.342 e. The van der Waals surface area contributed by atoms with Crippen molar-refractivity contribution in [2.75, 3.05) is 5.73 Å². The summed E-state index contributed by atoms with van der Waals surface area (Å²) in [4.78, 5) is 11.9. The number of nitrogen functional groups attached to an aromatic ring is 1. The highest BCUT2D eigenvalue weighted by atomic mass is 16.7. The number of carbonyl (C=O) groups is 1. The van der Waals surface area contributed by atoms with Gasteiger partial charge in [0.2, 0.25) is 6.29 Å². The van der Waals surface area contributed by atoms with Crippen LogP contribution in [-0.4, -0.2) is 52.0 Å². The second-order valence-electron chi connectivity index (χ2n) is 4.67. The molecule has 1 aromatic rings. The van der Waals surface area contributed by atoms with Gasteiger partial charge in [-0.3, -0.25) is 0 Å². The van der Waals surface area contributed by atoms with Crippen LogP contribution in [0, 0.1) is 0 Å². The minimum atomic E-state index is -1.53. The van der Waals surface area contributed by atoms with E-state index < -0.39 is 36.7 Å². The molecule has 0 amide bonds. The summed E-state index contributed by atoms with van der Waals surface area (Å²) in [7, 11) is 0. The Morgan fingerprint density at radius 2 is 1.85 bits per heavy atom. The standard InChI is InChI=1S/C13H17NO6/c1-6-9(15)10(16)11(17)13(19-6)20-12(18)7-4-2-3-5-8(7)14/h2-6,9-11,13,15-17H,14H2,1H3/t6-,9-,10+,11+,13-/m1/s1. The van der Waals surface area contributed by atoms with E-state index >= 15 is 0 Å². The van der Waals surface area contributed by atoms with E-state index in [4.69, 9.17) is 15.2 Å². The smallest absolute Gasteiger partial charge is 0.342 e. The van der Waals surface area contributed by atoms with Gasteiger partial charge in [0, 0.05) is 5.69 Å². The number of rotatable bonds is 2. The van der Waals surface area contributed by atoms with E-state index in [9.17, 15) is 20.1 Å². The first-order chi connectivity index (χ1) is 9.41. The summed E-state index contributed by atoms with van der Waals surface area (Å²) in [5.41, 5.74) is 6.01. The number of hydrogen-bond acceptors (Lipinski definition) is 7. The second-order valence-corrected chi connectivity index (χ2v) is 4.67. The van der Waals surface area contributed by atoms with Crippen molar-refractivity contribution in [3.8, 4) is 0 Å². The Balaban J connectivity index is 2.10. The summed E-state index contributed by atoms with van der Waals surface area (Å²) < 4.78 is 10.2. The van der Waals surface area contributed by atoms with Crippen LogP contribution in [0.3, 0.4) is 0 Å². The zero-order chi connectivity index (χ0) is 14.9. The lowest BCUT2D eigenvalue weighted by Gasteiger charge is -2.38. The van der Waals surface area contributed by atoms with Gasteiger partial charge in [0.1, 0.15) is 18.3 Å². The van der Waals surface area contributed by atoms with Crippen LogP contribution >= 0.6 is 0 Å². The normalized spacial score (nSPS) is 33.7. The Hall–Kier alpha value is -1.67. The van der Waals surface area contributed by atoms with E-state index in [-0.39, 0.29) is 11.3 Å². The molecule has 0 spiro atoms. The van der Waals surface area contributed by atoms with Crippen LogP contribution < -0.4 is 5.73 Å². The predicted octanol–water partition coefficient (Wildman–Crippen LogP) is -0.747. The molecule has 110 valence electrons. The number of carbonyl (C=O) groups excluding carboxylic acids is 1. The molecule has 0 aromatic heterocycles. The summed E-state index contributed by atoms with van der Waals surface area (Å²) in [5, 5.41) is 28.9. The molecule has 0 radical (unpaired) electrons. The van der Waals surface area contributed by atoms with Crippen molar-refractivity contribution in [2.24, 2.45) is 0 Å². The third-order valence-corrected chi connectivity index (χ3v) is 3.21. The number of hydrogen-bond donors (Lipinski definition) is 4. The maximum absolute atomic E-state index is 11.9. The zero-order valence-corrected chi connectivity index (χ0v) is 10.8. The number of ether oxygens (including phenoxy) is 2. The lowest BCUT2D eigenvalue weighted by molar-refractivity contribution is -0.276. The van der Waals surface area contributed by atoms with Gasteiger partial charge in [-0.25, -0.2) is 4.79 Å². The Morgan fingerprint density at radius 1 is 1.20 bits per heavy atom. The molecule has 1 aromatic carbocycles. The number of aliphatic hydroxyl groups is 3. The van der Waals surface area contributed by atoms with Crippen molar-refractivity contribution in [3.05, 3.63) is 29.8 Å². The maximum atomic E-state index is 11.9. The third kappa shape index (κ3) is 2.75. The van der Waals surface area contributed by atoms with Gasteiger partial charge in [-0.1, -0.05) is 12.1 Å². The van der Waals surface area contributed by atoms with E-state index in [1.165, 1.54) is 19.1 Å². The summed E-state index contributed by atoms with van der Waals surface area (Å²) in [6.45, 7) is 1.50. The highest BCUT2D eigenvalue weighted by Gasteiger charge is 2.43. The molecular weight excluding hydrogens is 266 g/mol. The largest absolute Gasteiger partial charge is 0.429 e. The number of para-hydroxylation sites is 1. The molecule has 5 N–H and O–H groups in total. The minimum absolute atomic E-state index is 0.136. The molecule has 1 fully saturated rings. The predicted molar refractivity (Wildman–Crippen MR) is 68.6 cm³/mol. The minimum Gasteiger partial charge on any atom is -0.429 e. The number of esters is 1. The van der Waals surface area contributed by atoms with Crippen molar-refractivity contribution in [1.29, 1.82) is 0 Å². The Bertz CT molecular complexity index is 494. The average Bonchev–Trinajstić information content (AvgIpc) is 2.42. The summed E-state index contributed by atoms with van der Waals surface area (Å²) in [6.07, 6.45) is -6.38. The SMILES string of the molecule is C[C@H]1O[C@H](OC(=O)c2ccccc2N)[C@@H](O)[C@@H](O)[C@@H]1O. The van der Waals surface area contributed by atoms with Gasteiger partial charge in [0.05, 0.1) is 11.7 Å². The molecule has 7 heteroatoms. The first-order valence-electron chi connectivity index (χ1n) is 6.17. The summed E-state index contributed by atoms with van der Waals surface area (Å²) in [5.74, 6) is -0.775. The highest BCUT2D eigenvalue weighted by molar-refractivity contribution is 5.95. The van der Waals surface area contributed by atoms with Crippen LogP contribution in [0.2, 0.25) is 0 Å². The lowest BCUT2D eigenvalue weighted by Crippen LogP contribution is -2.57. The monoisotopic (exact) mass is 283 g/mol. The fourth-order valence-corrected chi connectivity index (χ4v) is 1.96. The third-order valence-electron chi connectivity index (χ3n) is 3.21. The van der Waals surface area contributed by atoms with Crippen LogP contribution in [0.15, 0.2) is 24.3 Å². The molecule has 1 aliphatic heterocycles. The highest BCUT2D eigenvalue weighted by Crippen LogP contribution is 2.23. The summed E-state index contributed by atoms with van der Waals surface area (Å²) in [6, 6.07) is 6.30. The van der Waals surface area contributed by atoms with E-state index in [0.717, 1.165) is 0 Å². The molecule has 1 aliphatic rings. The number of aliphatic hydroxyl groups excluding tert-OH is 3. The number of benzene rings is 1. The van der Waals surface area contributed by atoms with E-state index in [1.807, 2.05) is 0 Å². The molecule has 7 nitrogen and oxygen atoms in total. The van der Waals surface area contributed by atoms with Gasteiger partial charge in [0.25, 0.3) is 0 Å². The number of anilines is 1. The van der Waals surface area contributed by atoms with E-state index in [0.29, 0.717) is 0 Å². The molecule has 2 rings (SSSR count). The Morgan fingerprint density at radius 3 is 2.50 bits per heavy atom. The summed E-state index contributed by atoms with van der Waals surface area (Å²) >= 11 is 0. The first kappa shape index (κ1) is 14.7. The Labute approximate surface area is 115 Å². The number of nitrogens with two attached hydrogens (primary N) is 1. The molecule has 20 heavy (non-hydrogen) atoms. The zero-order valence-electron chi connectivity index (χ0n) is 10.8.